The first-order valence-electron chi connectivity index (χ1n) is 6.07. The molecule has 0 spiro atoms. The molecule has 1 amide bonds. The topological polar surface area (TPSA) is 97.0 Å². The molecule has 0 saturated heterocycles. The van der Waals surface area contributed by atoms with E-state index in [0.29, 0.717) is 16.4 Å². The lowest BCUT2D eigenvalue weighted by molar-refractivity contribution is -0.113. The quantitative estimate of drug-likeness (QED) is 0.643. The highest BCUT2D eigenvalue weighted by molar-refractivity contribution is 7.99. The number of hydrogen-bond donors (Lipinski definition) is 2. The van der Waals surface area contributed by atoms with Crippen molar-refractivity contribution in [3.63, 3.8) is 0 Å². The molecule has 0 aliphatic heterocycles. The summed E-state index contributed by atoms with van der Waals surface area (Å²) in [4.78, 5) is 27.3. The predicted octanol–water partition coefficient (Wildman–Crippen LogP) is 1.63. The van der Waals surface area contributed by atoms with Crippen molar-refractivity contribution in [2.24, 2.45) is 0 Å². The second-order valence-electron chi connectivity index (χ2n) is 4.15. The van der Waals surface area contributed by atoms with Gasteiger partial charge in [0.15, 0.2) is 5.16 Å². The molecule has 0 saturated carbocycles. The molecule has 7 nitrogen and oxygen atoms in total. The highest BCUT2D eigenvalue weighted by Gasteiger charge is 2.11. The number of aryl methyl sites for hydroxylation is 1. The molecule has 110 valence electrons. The number of amides is 1. The summed E-state index contributed by atoms with van der Waals surface area (Å²) in [6.07, 6.45) is 1.38. The summed E-state index contributed by atoms with van der Waals surface area (Å²) >= 11 is 1.24. The lowest BCUT2D eigenvalue weighted by atomic mass is 10.1. The number of benzene rings is 1. The van der Waals surface area contributed by atoms with Crippen LogP contribution in [-0.2, 0) is 9.53 Å². The van der Waals surface area contributed by atoms with E-state index in [2.05, 4.69) is 25.2 Å². The van der Waals surface area contributed by atoms with E-state index in [-0.39, 0.29) is 11.7 Å². The normalized spacial score (nSPS) is 10.2. The lowest BCUT2D eigenvalue weighted by Crippen LogP contribution is -2.15. The average molecular weight is 306 g/mol. The number of H-pyrrole nitrogens is 1. The van der Waals surface area contributed by atoms with Gasteiger partial charge in [-0.25, -0.2) is 9.78 Å². The van der Waals surface area contributed by atoms with Crippen molar-refractivity contribution in [1.29, 1.82) is 0 Å². The van der Waals surface area contributed by atoms with Crippen LogP contribution in [0.1, 0.15) is 15.9 Å². The SMILES string of the molecule is COC(=O)c1ccc(C)c(NC(=O)CSc2ncn[nH]2)c1. The van der Waals surface area contributed by atoms with Crippen LogP contribution in [0.4, 0.5) is 5.69 Å². The maximum Gasteiger partial charge on any atom is 0.337 e. The molecular formula is C13H14N4O3S. The molecule has 0 fully saturated rings. The molecule has 2 aromatic rings. The summed E-state index contributed by atoms with van der Waals surface area (Å²) in [5.41, 5.74) is 1.84. The Labute approximate surface area is 125 Å². The van der Waals surface area contributed by atoms with Crippen LogP contribution in [0, 0.1) is 6.92 Å². The van der Waals surface area contributed by atoms with E-state index in [4.69, 9.17) is 0 Å². The Bertz CT molecular complexity index is 643. The molecule has 21 heavy (non-hydrogen) atoms. The smallest absolute Gasteiger partial charge is 0.337 e. The standard InChI is InChI=1S/C13H14N4O3S/c1-8-3-4-9(12(19)20-2)5-10(8)16-11(18)6-21-13-14-7-15-17-13/h3-5,7H,6H2,1-2H3,(H,16,18)(H,14,15,17). The minimum Gasteiger partial charge on any atom is -0.465 e. The molecule has 1 aromatic heterocycles. The first-order chi connectivity index (χ1) is 10.1. The number of esters is 1. The van der Waals surface area contributed by atoms with Crippen molar-refractivity contribution in [3.05, 3.63) is 35.7 Å². The number of methoxy groups -OCH3 is 1. The molecule has 0 atom stereocenters. The number of anilines is 1. The van der Waals surface area contributed by atoms with Gasteiger partial charge in [0, 0.05) is 5.69 Å². The third-order valence-corrected chi connectivity index (χ3v) is 3.54. The summed E-state index contributed by atoms with van der Waals surface area (Å²) in [5, 5.41) is 9.70. The van der Waals surface area contributed by atoms with Crippen LogP contribution < -0.4 is 5.32 Å². The van der Waals surface area contributed by atoms with Crippen LogP contribution >= 0.6 is 11.8 Å². The number of thioether (sulfide) groups is 1. The van der Waals surface area contributed by atoms with Gasteiger partial charge in [-0.05, 0) is 24.6 Å². The summed E-state index contributed by atoms with van der Waals surface area (Å²) in [6.45, 7) is 1.85. The van der Waals surface area contributed by atoms with Gasteiger partial charge < -0.3 is 10.1 Å². The number of nitrogens with one attached hydrogen (secondary N) is 2. The summed E-state index contributed by atoms with van der Waals surface area (Å²) in [5.74, 6) is -0.445. The molecular weight excluding hydrogens is 292 g/mol. The Hall–Kier alpha value is -2.35. The predicted molar refractivity (Wildman–Crippen MR) is 78.3 cm³/mol. The fourth-order valence-electron chi connectivity index (χ4n) is 1.59. The van der Waals surface area contributed by atoms with Gasteiger partial charge in [-0.15, -0.1) is 0 Å². The number of carbonyl (C=O) groups excluding carboxylic acids is 2. The zero-order chi connectivity index (χ0) is 15.2. The van der Waals surface area contributed by atoms with Crippen molar-refractivity contribution in [2.45, 2.75) is 12.1 Å². The van der Waals surface area contributed by atoms with Crippen LogP contribution in [0.2, 0.25) is 0 Å². The van der Waals surface area contributed by atoms with Crippen LogP contribution in [0.25, 0.3) is 0 Å². The molecule has 2 rings (SSSR count). The van der Waals surface area contributed by atoms with Gasteiger partial charge in [0.05, 0.1) is 18.4 Å². The number of nitrogens with zero attached hydrogens (tertiary/aromatic N) is 2. The summed E-state index contributed by atoms with van der Waals surface area (Å²) in [6, 6.07) is 5.00. The second kappa shape index (κ2) is 6.89. The number of ether oxygens (including phenoxy) is 1. The lowest BCUT2D eigenvalue weighted by Gasteiger charge is -2.09. The van der Waals surface area contributed by atoms with E-state index < -0.39 is 5.97 Å². The van der Waals surface area contributed by atoms with Crippen molar-refractivity contribution >= 4 is 29.3 Å². The zero-order valence-corrected chi connectivity index (χ0v) is 12.4. The Morgan fingerprint density at radius 2 is 2.24 bits per heavy atom. The maximum atomic E-state index is 11.9. The van der Waals surface area contributed by atoms with Gasteiger partial charge in [-0.3, -0.25) is 9.89 Å². The van der Waals surface area contributed by atoms with E-state index in [1.165, 1.54) is 25.2 Å². The van der Waals surface area contributed by atoms with Gasteiger partial charge in [0.2, 0.25) is 5.91 Å². The third-order valence-electron chi connectivity index (χ3n) is 2.67. The maximum absolute atomic E-state index is 11.9. The number of aromatic nitrogens is 3. The molecule has 0 bridgehead atoms. The monoisotopic (exact) mass is 306 g/mol. The van der Waals surface area contributed by atoms with E-state index in [1.54, 1.807) is 18.2 Å². The minimum absolute atomic E-state index is 0.192. The van der Waals surface area contributed by atoms with Gasteiger partial charge in [0.25, 0.3) is 0 Å². The first-order valence-corrected chi connectivity index (χ1v) is 7.05. The van der Waals surface area contributed by atoms with Gasteiger partial charge in [-0.2, -0.15) is 5.10 Å². The zero-order valence-electron chi connectivity index (χ0n) is 11.5. The summed E-state index contributed by atoms with van der Waals surface area (Å²) < 4.78 is 4.66. The third kappa shape index (κ3) is 4.06. The van der Waals surface area contributed by atoms with Gasteiger partial charge >= 0.3 is 5.97 Å². The molecule has 0 aliphatic rings. The Balaban J connectivity index is 2.01. The Kier molecular flexibility index (Phi) is 4.94. The van der Waals surface area contributed by atoms with Crippen molar-refractivity contribution in [1.82, 2.24) is 15.2 Å². The van der Waals surface area contributed by atoms with Crippen molar-refractivity contribution in [3.8, 4) is 0 Å². The number of hydrogen-bond acceptors (Lipinski definition) is 6. The average Bonchev–Trinajstić information content (AvgIpc) is 3.00. The van der Waals surface area contributed by atoms with Crippen LogP contribution in [-0.4, -0.2) is 39.9 Å². The number of aromatic amines is 1. The van der Waals surface area contributed by atoms with Crippen LogP contribution in [0.5, 0.6) is 0 Å². The molecule has 1 aromatic carbocycles. The molecule has 1 heterocycles. The van der Waals surface area contributed by atoms with Crippen molar-refractivity contribution < 1.29 is 14.3 Å². The van der Waals surface area contributed by atoms with E-state index in [0.717, 1.165) is 5.56 Å². The molecule has 0 unspecified atom stereocenters. The largest absolute Gasteiger partial charge is 0.465 e. The molecule has 0 radical (unpaired) electrons. The van der Waals surface area contributed by atoms with E-state index >= 15 is 0 Å². The highest BCUT2D eigenvalue weighted by Crippen LogP contribution is 2.18. The Morgan fingerprint density at radius 3 is 2.90 bits per heavy atom. The first kappa shape index (κ1) is 15.0. The van der Waals surface area contributed by atoms with Crippen LogP contribution in [0.3, 0.4) is 0 Å². The van der Waals surface area contributed by atoms with E-state index in [1.807, 2.05) is 6.92 Å². The van der Waals surface area contributed by atoms with E-state index in [9.17, 15) is 9.59 Å². The van der Waals surface area contributed by atoms with Crippen molar-refractivity contribution in [2.75, 3.05) is 18.2 Å². The highest BCUT2D eigenvalue weighted by atomic mass is 32.2. The number of carbonyl (C=O) groups is 2. The van der Waals surface area contributed by atoms with Gasteiger partial charge in [-0.1, -0.05) is 17.8 Å². The molecule has 0 aliphatic carbocycles. The fraction of sp³-hybridized carbons (Fsp3) is 0.231. The van der Waals surface area contributed by atoms with Gasteiger partial charge in [0.1, 0.15) is 6.33 Å². The second-order valence-corrected chi connectivity index (χ2v) is 5.11. The Morgan fingerprint density at radius 1 is 1.43 bits per heavy atom. The minimum atomic E-state index is -0.443. The fourth-order valence-corrected chi connectivity index (χ4v) is 2.16. The van der Waals surface area contributed by atoms with Crippen LogP contribution in [0.15, 0.2) is 29.7 Å². The molecule has 2 N–H and O–H groups in total. The summed E-state index contributed by atoms with van der Waals surface area (Å²) in [7, 11) is 1.31. The number of rotatable bonds is 5. The molecule has 8 heteroatoms.